The van der Waals surface area contributed by atoms with E-state index in [-0.39, 0.29) is 0 Å². The van der Waals surface area contributed by atoms with Crippen LogP contribution in [0.4, 0.5) is 0 Å². The normalized spacial score (nSPS) is 11.2. The van der Waals surface area contributed by atoms with Crippen LogP contribution in [-0.2, 0) is 0 Å². The second kappa shape index (κ2) is 10.2. The van der Waals surface area contributed by atoms with E-state index in [4.69, 9.17) is 9.47 Å². The van der Waals surface area contributed by atoms with E-state index in [0.717, 1.165) is 45.1 Å². The van der Waals surface area contributed by atoms with Gasteiger partial charge in [0, 0.05) is 12.4 Å². The van der Waals surface area contributed by atoms with Gasteiger partial charge in [0.2, 0.25) is 0 Å². The Bertz CT molecular complexity index is 1130. The molecule has 158 valence electrons. The predicted octanol–water partition coefficient (Wildman–Crippen LogP) is 6.50. The molecule has 0 atom stereocenters. The second-order valence-electron chi connectivity index (χ2n) is 7.16. The summed E-state index contributed by atoms with van der Waals surface area (Å²) < 4.78 is 10.4. The van der Waals surface area contributed by atoms with Gasteiger partial charge in [0.1, 0.15) is 11.5 Å². The third-order valence-corrected chi connectivity index (χ3v) is 5.00. The number of ether oxygens (including phenoxy) is 2. The molecule has 0 aliphatic carbocycles. The van der Waals surface area contributed by atoms with E-state index in [1.54, 1.807) is 14.2 Å². The first-order chi connectivity index (χ1) is 15.7. The van der Waals surface area contributed by atoms with Gasteiger partial charge >= 0.3 is 0 Å². The molecule has 0 aliphatic rings. The zero-order chi connectivity index (χ0) is 22.2. The molecule has 4 nitrogen and oxygen atoms in total. The fourth-order valence-electron chi connectivity index (χ4n) is 3.20. The summed E-state index contributed by atoms with van der Waals surface area (Å²) in [5.74, 6) is 1.70. The summed E-state index contributed by atoms with van der Waals surface area (Å²) >= 11 is 0. The molecule has 4 aromatic rings. The standard InChI is InChI=1S/C28H24N2O2/c1-31-25-11-7-21(8-12-25)3-5-23-15-17-29-27(19-23)28-20-24(16-18-30-28)6-4-22-9-13-26(32-2)14-10-22/h3-20H,1-2H3. The van der Waals surface area contributed by atoms with Gasteiger partial charge in [-0.05, 0) is 70.8 Å². The first kappa shape index (κ1) is 21.1. The van der Waals surface area contributed by atoms with Crippen molar-refractivity contribution in [2.24, 2.45) is 0 Å². The van der Waals surface area contributed by atoms with Gasteiger partial charge in [-0.2, -0.15) is 0 Å². The molecule has 0 unspecified atom stereocenters. The number of aromatic nitrogens is 2. The Kier molecular flexibility index (Phi) is 6.73. The van der Waals surface area contributed by atoms with Crippen molar-refractivity contribution in [3.8, 4) is 22.9 Å². The molecule has 2 aromatic carbocycles. The second-order valence-corrected chi connectivity index (χ2v) is 7.16. The van der Waals surface area contributed by atoms with E-state index in [9.17, 15) is 0 Å². The quantitative estimate of drug-likeness (QED) is 0.342. The first-order valence-electron chi connectivity index (χ1n) is 10.3. The number of benzene rings is 2. The van der Waals surface area contributed by atoms with Crippen LogP contribution >= 0.6 is 0 Å². The molecule has 2 heterocycles. The Balaban J connectivity index is 1.51. The van der Waals surface area contributed by atoms with Crippen LogP contribution in [0.1, 0.15) is 22.3 Å². The third-order valence-electron chi connectivity index (χ3n) is 5.00. The lowest BCUT2D eigenvalue weighted by molar-refractivity contribution is 0.414. The monoisotopic (exact) mass is 420 g/mol. The number of pyridine rings is 2. The van der Waals surface area contributed by atoms with Crippen molar-refractivity contribution in [2.45, 2.75) is 0 Å². The fraction of sp³-hybridized carbons (Fsp3) is 0.0714. The lowest BCUT2D eigenvalue weighted by Gasteiger charge is -2.03. The van der Waals surface area contributed by atoms with Crippen LogP contribution in [-0.4, -0.2) is 24.2 Å². The smallest absolute Gasteiger partial charge is 0.118 e. The van der Waals surface area contributed by atoms with Crippen LogP contribution in [0.3, 0.4) is 0 Å². The maximum Gasteiger partial charge on any atom is 0.118 e. The lowest BCUT2D eigenvalue weighted by atomic mass is 10.1. The number of methoxy groups -OCH3 is 2. The molecule has 4 rings (SSSR count). The van der Waals surface area contributed by atoms with Crippen LogP contribution in [0.25, 0.3) is 35.7 Å². The van der Waals surface area contributed by atoms with Gasteiger partial charge in [0.05, 0.1) is 25.6 Å². The van der Waals surface area contributed by atoms with Gasteiger partial charge in [-0.15, -0.1) is 0 Å². The van der Waals surface area contributed by atoms with Gasteiger partial charge in [-0.1, -0.05) is 48.6 Å². The van der Waals surface area contributed by atoms with Crippen molar-refractivity contribution >= 4 is 24.3 Å². The summed E-state index contributed by atoms with van der Waals surface area (Å²) in [7, 11) is 3.34. The van der Waals surface area contributed by atoms with E-state index >= 15 is 0 Å². The molecular weight excluding hydrogens is 396 g/mol. The highest BCUT2D eigenvalue weighted by molar-refractivity contribution is 5.74. The largest absolute Gasteiger partial charge is 0.497 e. The summed E-state index contributed by atoms with van der Waals surface area (Å²) in [5, 5.41) is 0. The van der Waals surface area contributed by atoms with Crippen LogP contribution in [0, 0.1) is 0 Å². The summed E-state index contributed by atoms with van der Waals surface area (Å²) in [5.41, 5.74) is 6.00. The molecule has 2 aromatic heterocycles. The first-order valence-corrected chi connectivity index (χ1v) is 10.3. The van der Waals surface area contributed by atoms with Gasteiger partial charge in [-0.3, -0.25) is 9.97 Å². The minimum atomic E-state index is 0.835. The van der Waals surface area contributed by atoms with E-state index in [0.29, 0.717) is 0 Å². The van der Waals surface area contributed by atoms with Gasteiger partial charge in [-0.25, -0.2) is 0 Å². The zero-order valence-corrected chi connectivity index (χ0v) is 18.1. The van der Waals surface area contributed by atoms with Crippen molar-refractivity contribution in [3.63, 3.8) is 0 Å². The van der Waals surface area contributed by atoms with Crippen LogP contribution < -0.4 is 9.47 Å². The zero-order valence-electron chi connectivity index (χ0n) is 18.1. The predicted molar refractivity (Wildman–Crippen MR) is 131 cm³/mol. The highest BCUT2D eigenvalue weighted by Crippen LogP contribution is 2.20. The molecule has 0 saturated heterocycles. The van der Waals surface area contributed by atoms with Crippen LogP contribution in [0.5, 0.6) is 11.5 Å². The van der Waals surface area contributed by atoms with Crippen molar-refractivity contribution in [1.29, 1.82) is 0 Å². The topological polar surface area (TPSA) is 44.2 Å². The Labute approximate surface area is 188 Å². The molecular formula is C28H24N2O2. The van der Waals surface area contributed by atoms with Crippen LogP contribution in [0.2, 0.25) is 0 Å². The summed E-state index contributed by atoms with van der Waals surface area (Å²) in [6, 6.07) is 24.0. The van der Waals surface area contributed by atoms with E-state index in [1.807, 2.05) is 85.2 Å². The van der Waals surface area contributed by atoms with E-state index < -0.39 is 0 Å². The van der Waals surface area contributed by atoms with Crippen molar-refractivity contribution in [2.75, 3.05) is 14.2 Å². The minimum Gasteiger partial charge on any atom is -0.497 e. The molecule has 0 radical (unpaired) electrons. The highest BCUT2D eigenvalue weighted by Gasteiger charge is 2.02. The summed E-state index contributed by atoms with van der Waals surface area (Å²) in [6.45, 7) is 0. The molecule has 0 aliphatic heterocycles. The van der Waals surface area contributed by atoms with Crippen LogP contribution in [0.15, 0.2) is 85.2 Å². The Morgan fingerprint density at radius 3 is 1.25 bits per heavy atom. The average molecular weight is 421 g/mol. The molecule has 32 heavy (non-hydrogen) atoms. The SMILES string of the molecule is COc1ccc(C=Cc2ccnc(-c3cc(C=Cc4ccc(OC)cc4)ccn3)c2)cc1. The Morgan fingerprint density at radius 2 is 0.875 bits per heavy atom. The maximum absolute atomic E-state index is 5.21. The molecule has 0 N–H and O–H groups in total. The maximum atomic E-state index is 5.21. The van der Waals surface area contributed by atoms with Gasteiger partial charge in [0.25, 0.3) is 0 Å². The highest BCUT2D eigenvalue weighted by atomic mass is 16.5. The summed E-state index contributed by atoms with van der Waals surface area (Å²) in [6.07, 6.45) is 11.9. The molecule has 0 amide bonds. The summed E-state index contributed by atoms with van der Waals surface area (Å²) in [4.78, 5) is 9.03. The molecule has 0 bridgehead atoms. The van der Waals surface area contributed by atoms with Gasteiger partial charge in [0.15, 0.2) is 0 Å². The molecule has 4 heteroatoms. The molecule has 0 fully saturated rings. The van der Waals surface area contributed by atoms with Crippen molar-refractivity contribution < 1.29 is 9.47 Å². The van der Waals surface area contributed by atoms with Crippen molar-refractivity contribution in [3.05, 3.63) is 107 Å². The average Bonchev–Trinajstić information content (AvgIpc) is 2.87. The number of hydrogen-bond acceptors (Lipinski definition) is 4. The molecule has 0 spiro atoms. The van der Waals surface area contributed by atoms with Gasteiger partial charge < -0.3 is 9.47 Å². The Hall–Kier alpha value is -4.18. The fourth-order valence-corrected chi connectivity index (χ4v) is 3.20. The number of rotatable bonds is 7. The van der Waals surface area contributed by atoms with E-state index in [2.05, 4.69) is 34.3 Å². The number of nitrogens with zero attached hydrogens (tertiary/aromatic N) is 2. The molecule has 0 saturated carbocycles. The Morgan fingerprint density at radius 1 is 0.500 bits per heavy atom. The lowest BCUT2D eigenvalue weighted by Crippen LogP contribution is -1.89. The third kappa shape index (κ3) is 5.49. The van der Waals surface area contributed by atoms with Crippen molar-refractivity contribution in [1.82, 2.24) is 9.97 Å². The van der Waals surface area contributed by atoms with E-state index in [1.165, 1.54) is 0 Å². The minimum absolute atomic E-state index is 0.835. The number of hydrogen-bond donors (Lipinski definition) is 0.